The van der Waals surface area contributed by atoms with Gasteiger partial charge >= 0.3 is 0 Å². The summed E-state index contributed by atoms with van der Waals surface area (Å²) in [6, 6.07) is 8.07. The Morgan fingerprint density at radius 3 is 2.44 bits per heavy atom. The summed E-state index contributed by atoms with van der Waals surface area (Å²) in [5, 5.41) is 1.23. The predicted octanol–water partition coefficient (Wildman–Crippen LogP) is 3.76. The largest absolute Gasteiger partial charge is 0.497 e. The van der Waals surface area contributed by atoms with E-state index in [0.717, 1.165) is 24.5 Å². The molecule has 0 spiro atoms. The molecule has 0 aliphatic heterocycles. The fourth-order valence-corrected chi connectivity index (χ4v) is 2.03. The van der Waals surface area contributed by atoms with Crippen LogP contribution in [-0.2, 0) is 6.54 Å². The van der Waals surface area contributed by atoms with Crippen molar-refractivity contribution in [2.24, 2.45) is 4.99 Å². The van der Waals surface area contributed by atoms with Crippen LogP contribution in [0.5, 0.6) is 5.75 Å². The fourth-order valence-electron chi connectivity index (χ4n) is 1.34. The van der Waals surface area contributed by atoms with E-state index in [-0.39, 0.29) is 0 Å². The van der Waals surface area contributed by atoms with Crippen molar-refractivity contribution in [2.75, 3.05) is 12.9 Å². The molecule has 0 saturated carbocycles. The summed E-state index contributed by atoms with van der Waals surface area (Å²) in [6.07, 6.45) is 1.02. The second-order valence-corrected chi connectivity index (χ2v) is 4.68. The molecule has 0 unspecified atom stereocenters. The van der Waals surface area contributed by atoms with Gasteiger partial charge in [-0.15, -0.1) is 11.8 Å². The summed E-state index contributed by atoms with van der Waals surface area (Å²) in [7, 11) is 1.68. The minimum Gasteiger partial charge on any atom is -0.497 e. The third-order valence-electron chi connectivity index (χ3n) is 2.21. The van der Waals surface area contributed by atoms with E-state index in [1.165, 1.54) is 10.6 Å². The third-order valence-corrected chi connectivity index (χ3v) is 3.25. The molecule has 2 nitrogen and oxygen atoms in total. The standard InChI is InChI=1S/C13H19NOS/c1-4-13(16-5-2)14-10-11-6-8-12(15-3)9-7-11/h6-9H,4-5,10H2,1-3H3. The number of benzene rings is 1. The van der Waals surface area contributed by atoms with E-state index in [9.17, 15) is 0 Å². The molecule has 1 rings (SSSR count). The Balaban J connectivity index is 2.58. The zero-order valence-corrected chi connectivity index (χ0v) is 11.0. The first-order valence-electron chi connectivity index (χ1n) is 5.59. The Hall–Kier alpha value is -0.960. The molecule has 1 aromatic carbocycles. The predicted molar refractivity (Wildman–Crippen MR) is 72.6 cm³/mol. The van der Waals surface area contributed by atoms with Gasteiger partial charge in [-0.1, -0.05) is 26.0 Å². The van der Waals surface area contributed by atoms with Gasteiger partial charge in [0.1, 0.15) is 5.75 Å². The normalized spacial score (nSPS) is 11.6. The fraction of sp³-hybridized carbons (Fsp3) is 0.462. The van der Waals surface area contributed by atoms with Gasteiger partial charge in [0, 0.05) is 0 Å². The summed E-state index contributed by atoms with van der Waals surface area (Å²) in [5.41, 5.74) is 1.23. The van der Waals surface area contributed by atoms with E-state index in [4.69, 9.17) is 4.74 Å². The first-order chi connectivity index (χ1) is 7.80. The minimum absolute atomic E-state index is 0.764. The molecule has 0 radical (unpaired) electrons. The zero-order chi connectivity index (χ0) is 11.8. The van der Waals surface area contributed by atoms with Crippen molar-refractivity contribution in [2.45, 2.75) is 26.8 Å². The quantitative estimate of drug-likeness (QED) is 0.574. The van der Waals surface area contributed by atoms with Crippen LogP contribution in [0.15, 0.2) is 29.3 Å². The number of rotatable bonds is 5. The second kappa shape index (κ2) is 7.34. The zero-order valence-electron chi connectivity index (χ0n) is 10.2. The highest BCUT2D eigenvalue weighted by molar-refractivity contribution is 8.13. The molecule has 16 heavy (non-hydrogen) atoms. The van der Waals surface area contributed by atoms with Gasteiger partial charge in [0.25, 0.3) is 0 Å². The molecule has 0 amide bonds. The molecular weight excluding hydrogens is 218 g/mol. The highest BCUT2D eigenvalue weighted by Crippen LogP contribution is 2.13. The second-order valence-electron chi connectivity index (χ2n) is 3.34. The van der Waals surface area contributed by atoms with E-state index in [1.807, 2.05) is 23.9 Å². The molecule has 0 heterocycles. The van der Waals surface area contributed by atoms with Crippen LogP contribution in [0.3, 0.4) is 0 Å². The average molecular weight is 237 g/mol. The molecule has 0 aliphatic rings. The lowest BCUT2D eigenvalue weighted by molar-refractivity contribution is 0.414. The van der Waals surface area contributed by atoms with Crippen LogP contribution in [0.25, 0.3) is 0 Å². The number of hydrogen-bond acceptors (Lipinski definition) is 3. The molecule has 1 aromatic rings. The number of nitrogens with zero attached hydrogens (tertiary/aromatic N) is 1. The molecular formula is C13H19NOS. The highest BCUT2D eigenvalue weighted by atomic mass is 32.2. The van der Waals surface area contributed by atoms with Crippen LogP contribution < -0.4 is 4.74 Å². The summed E-state index contributed by atoms with van der Waals surface area (Å²) < 4.78 is 5.11. The number of hydrogen-bond donors (Lipinski definition) is 0. The van der Waals surface area contributed by atoms with E-state index < -0.39 is 0 Å². The van der Waals surface area contributed by atoms with Gasteiger partial charge in [-0.2, -0.15) is 0 Å². The van der Waals surface area contributed by atoms with Crippen LogP contribution in [0.2, 0.25) is 0 Å². The number of methoxy groups -OCH3 is 1. The molecule has 88 valence electrons. The summed E-state index contributed by atoms with van der Waals surface area (Å²) in [6.45, 7) is 5.07. The van der Waals surface area contributed by atoms with Gasteiger partial charge in [0.2, 0.25) is 0 Å². The molecule has 0 saturated heterocycles. The molecule has 0 atom stereocenters. The monoisotopic (exact) mass is 237 g/mol. The first-order valence-corrected chi connectivity index (χ1v) is 6.57. The van der Waals surface area contributed by atoms with Gasteiger partial charge in [0.15, 0.2) is 0 Å². The van der Waals surface area contributed by atoms with Crippen molar-refractivity contribution in [1.82, 2.24) is 0 Å². The third kappa shape index (κ3) is 4.27. The summed E-state index contributed by atoms with van der Waals surface area (Å²) in [5.74, 6) is 1.99. The SMILES string of the molecule is CCSC(CC)=NCc1ccc(OC)cc1. The van der Waals surface area contributed by atoms with Gasteiger partial charge in [-0.05, 0) is 29.9 Å². The summed E-state index contributed by atoms with van der Waals surface area (Å²) in [4.78, 5) is 4.60. The highest BCUT2D eigenvalue weighted by Gasteiger charge is 1.96. The molecule has 0 N–H and O–H groups in total. The topological polar surface area (TPSA) is 21.6 Å². The first kappa shape index (κ1) is 13.1. The maximum atomic E-state index is 5.11. The number of thioether (sulfide) groups is 1. The lowest BCUT2D eigenvalue weighted by Crippen LogP contribution is -1.92. The van der Waals surface area contributed by atoms with Crippen molar-refractivity contribution in [3.63, 3.8) is 0 Å². The van der Waals surface area contributed by atoms with E-state index in [1.54, 1.807) is 7.11 Å². The average Bonchev–Trinajstić information content (AvgIpc) is 2.35. The Morgan fingerprint density at radius 2 is 1.94 bits per heavy atom. The molecule has 0 fully saturated rings. The van der Waals surface area contributed by atoms with Crippen LogP contribution in [0.4, 0.5) is 0 Å². The number of aliphatic imine (C=N–C) groups is 1. The van der Waals surface area contributed by atoms with Gasteiger partial charge < -0.3 is 4.74 Å². The molecule has 0 aliphatic carbocycles. The molecule has 0 bridgehead atoms. The lowest BCUT2D eigenvalue weighted by Gasteiger charge is -2.03. The van der Waals surface area contributed by atoms with E-state index in [0.29, 0.717) is 0 Å². The van der Waals surface area contributed by atoms with Crippen LogP contribution in [0, 0.1) is 0 Å². The maximum absolute atomic E-state index is 5.11. The minimum atomic E-state index is 0.764. The van der Waals surface area contributed by atoms with Crippen LogP contribution in [-0.4, -0.2) is 17.9 Å². The molecule has 0 aromatic heterocycles. The number of ether oxygens (including phenoxy) is 1. The van der Waals surface area contributed by atoms with Crippen molar-refractivity contribution in [3.05, 3.63) is 29.8 Å². The Kier molecular flexibility index (Phi) is 6.01. The van der Waals surface area contributed by atoms with Crippen molar-refractivity contribution in [1.29, 1.82) is 0 Å². The van der Waals surface area contributed by atoms with Crippen molar-refractivity contribution >= 4 is 16.8 Å². The van der Waals surface area contributed by atoms with E-state index >= 15 is 0 Å². The van der Waals surface area contributed by atoms with Gasteiger partial charge in [-0.3, -0.25) is 4.99 Å². The maximum Gasteiger partial charge on any atom is 0.118 e. The smallest absolute Gasteiger partial charge is 0.118 e. The van der Waals surface area contributed by atoms with Crippen molar-refractivity contribution < 1.29 is 4.74 Å². The van der Waals surface area contributed by atoms with Crippen LogP contribution in [0.1, 0.15) is 25.8 Å². The van der Waals surface area contributed by atoms with Gasteiger partial charge in [-0.25, -0.2) is 0 Å². The van der Waals surface area contributed by atoms with Gasteiger partial charge in [0.05, 0.1) is 18.7 Å². The Morgan fingerprint density at radius 1 is 1.25 bits per heavy atom. The summed E-state index contributed by atoms with van der Waals surface area (Å²) >= 11 is 1.83. The Labute approximate surface area is 102 Å². The Bertz CT molecular complexity index is 332. The lowest BCUT2D eigenvalue weighted by atomic mass is 10.2. The van der Waals surface area contributed by atoms with Crippen LogP contribution >= 0.6 is 11.8 Å². The molecule has 3 heteroatoms. The van der Waals surface area contributed by atoms with E-state index in [2.05, 4.69) is 31.0 Å². The van der Waals surface area contributed by atoms with Crippen molar-refractivity contribution in [3.8, 4) is 5.75 Å².